The number of carbonyl (C=O) groups is 1. The van der Waals surface area contributed by atoms with Crippen molar-refractivity contribution in [2.24, 2.45) is 0 Å². The highest BCUT2D eigenvalue weighted by molar-refractivity contribution is 5.94. The van der Waals surface area contributed by atoms with Crippen LogP contribution in [0.5, 0.6) is 11.5 Å². The number of methoxy groups -OCH3 is 1. The Bertz CT molecular complexity index is 922. The number of nitrogens with one attached hydrogen (secondary N) is 1. The Hall–Kier alpha value is -3.35. The number of hydrogen-bond donors (Lipinski definition) is 1. The van der Waals surface area contributed by atoms with E-state index in [1.807, 2.05) is 31.2 Å². The molecule has 7 heteroatoms. The van der Waals surface area contributed by atoms with Gasteiger partial charge in [-0.15, -0.1) is 0 Å². The van der Waals surface area contributed by atoms with Crippen molar-refractivity contribution in [1.29, 1.82) is 0 Å². The minimum Gasteiger partial charge on any atom is -0.497 e. The van der Waals surface area contributed by atoms with Crippen molar-refractivity contribution in [2.45, 2.75) is 13.5 Å². The molecule has 140 valence electrons. The lowest BCUT2D eigenvalue weighted by atomic mass is 10.2. The van der Waals surface area contributed by atoms with Crippen LogP contribution in [-0.4, -0.2) is 29.4 Å². The topological polar surface area (TPSA) is 65.4 Å². The number of amides is 1. The molecule has 1 aromatic heterocycles. The smallest absolute Gasteiger partial charge is 0.275 e. The first kappa shape index (κ1) is 18.4. The molecule has 3 aromatic rings. The van der Waals surface area contributed by atoms with E-state index >= 15 is 0 Å². The van der Waals surface area contributed by atoms with Gasteiger partial charge in [0.1, 0.15) is 11.6 Å². The lowest BCUT2D eigenvalue weighted by Gasteiger charge is -2.07. The van der Waals surface area contributed by atoms with E-state index in [1.54, 1.807) is 25.4 Å². The Morgan fingerprint density at radius 3 is 2.70 bits per heavy atom. The van der Waals surface area contributed by atoms with E-state index < -0.39 is 0 Å². The van der Waals surface area contributed by atoms with Gasteiger partial charge in [0.05, 0.1) is 25.6 Å². The number of ether oxygens (including phenoxy) is 2. The zero-order valence-electron chi connectivity index (χ0n) is 15.1. The normalized spacial score (nSPS) is 10.5. The first-order chi connectivity index (χ1) is 13.1. The second-order valence-corrected chi connectivity index (χ2v) is 5.73. The van der Waals surface area contributed by atoms with E-state index in [2.05, 4.69) is 10.4 Å². The van der Waals surface area contributed by atoms with Crippen LogP contribution in [0.2, 0.25) is 0 Å². The minimum absolute atomic E-state index is 0.170. The van der Waals surface area contributed by atoms with E-state index in [4.69, 9.17) is 9.47 Å². The minimum atomic E-state index is -0.359. The van der Waals surface area contributed by atoms with Crippen molar-refractivity contribution in [3.05, 3.63) is 71.8 Å². The molecular formula is C20H20FN3O3. The van der Waals surface area contributed by atoms with Gasteiger partial charge in [-0.2, -0.15) is 5.10 Å². The molecular weight excluding hydrogens is 349 g/mol. The molecule has 2 aromatic carbocycles. The van der Waals surface area contributed by atoms with Crippen LogP contribution in [0.1, 0.15) is 23.0 Å². The highest BCUT2D eigenvalue weighted by Gasteiger charge is 2.18. The standard InChI is InChI=1S/C20H20FN3O3/c1-3-27-18-13-24(16-9-7-15(21)8-10-16)23-19(18)20(25)22-12-14-5-4-6-17(11-14)26-2/h4-11,13H,3,12H2,1-2H3,(H,22,25). The number of benzene rings is 2. The third-order valence-corrected chi connectivity index (χ3v) is 3.87. The third-order valence-electron chi connectivity index (χ3n) is 3.87. The van der Waals surface area contributed by atoms with Crippen LogP contribution in [0, 0.1) is 5.82 Å². The summed E-state index contributed by atoms with van der Waals surface area (Å²) in [6.45, 7) is 2.55. The number of carbonyl (C=O) groups excluding carboxylic acids is 1. The molecule has 0 radical (unpaired) electrons. The van der Waals surface area contributed by atoms with Crippen LogP contribution in [0.15, 0.2) is 54.7 Å². The van der Waals surface area contributed by atoms with Gasteiger partial charge < -0.3 is 14.8 Å². The molecule has 1 amide bonds. The van der Waals surface area contributed by atoms with Gasteiger partial charge in [-0.3, -0.25) is 4.79 Å². The molecule has 0 saturated carbocycles. The second-order valence-electron chi connectivity index (χ2n) is 5.73. The fraction of sp³-hybridized carbons (Fsp3) is 0.200. The van der Waals surface area contributed by atoms with Gasteiger partial charge in [-0.1, -0.05) is 12.1 Å². The first-order valence-corrected chi connectivity index (χ1v) is 8.50. The van der Waals surface area contributed by atoms with Crippen LogP contribution < -0.4 is 14.8 Å². The third kappa shape index (κ3) is 4.44. The second kappa shape index (κ2) is 8.35. The van der Waals surface area contributed by atoms with Gasteiger partial charge in [0.2, 0.25) is 0 Å². The molecule has 0 bridgehead atoms. The molecule has 0 aliphatic heterocycles. The maximum absolute atomic E-state index is 13.1. The summed E-state index contributed by atoms with van der Waals surface area (Å²) < 4.78 is 25.3. The predicted molar refractivity (Wildman–Crippen MR) is 98.9 cm³/mol. The van der Waals surface area contributed by atoms with Gasteiger partial charge >= 0.3 is 0 Å². The lowest BCUT2D eigenvalue weighted by Crippen LogP contribution is -2.24. The van der Waals surface area contributed by atoms with Gasteiger partial charge in [-0.25, -0.2) is 9.07 Å². The number of halogens is 1. The fourth-order valence-electron chi connectivity index (χ4n) is 2.55. The maximum Gasteiger partial charge on any atom is 0.275 e. The predicted octanol–water partition coefficient (Wildman–Crippen LogP) is 3.35. The van der Waals surface area contributed by atoms with Crippen molar-refractivity contribution >= 4 is 5.91 Å². The fourth-order valence-corrected chi connectivity index (χ4v) is 2.55. The highest BCUT2D eigenvalue weighted by atomic mass is 19.1. The van der Waals surface area contributed by atoms with Crippen LogP contribution in [-0.2, 0) is 6.54 Å². The Labute approximate surface area is 156 Å². The van der Waals surface area contributed by atoms with Crippen molar-refractivity contribution in [1.82, 2.24) is 15.1 Å². The monoisotopic (exact) mass is 369 g/mol. The molecule has 3 rings (SSSR count). The van der Waals surface area contributed by atoms with E-state index in [9.17, 15) is 9.18 Å². The summed E-state index contributed by atoms with van der Waals surface area (Å²) in [5.41, 5.74) is 1.70. The van der Waals surface area contributed by atoms with Gasteiger partial charge in [0, 0.05) is 6.54 Å². The largest absolute Gasteiger partial charge is 0.497 e. The number of hydrogen-bond acceptors (Lipinski definition) is 4. The SMILES string of the molecule is CCOc1cn(-c2ccc(F)cc2)nc1C(=O)NCc1cccc(OC)c1. The quantitative estimate of drug-likeness (QED) is 0.694. The molecule has 0 atom stereocenters. The summed E-state index contributed by atoms with van der Waals surface area (Å²) in [5.74, 6) is 0.386. The van der Waals surface area contributed by atoms with E-state index in [-0.39, 0.29) is 17.4 Å². The van der Waals surface area contributed by atoms with Crippen LogP contribution >= 0.6 is 0 Å². The summed E-state index contributed by atoms with van der Waals surface area (Å²) in [6, 6.07) is 13.3. The summed E-state index contributed by atoms with van der Waals surface area (Å²) in [5, 5.41) is 7.14. The zero-order chi connectivity index (χ0) is 19.2. The van der Waals surface area contributed by atoms with Crippen molar-refractivity contribution < 1.29 is 18.7 Å². The van der Waals surface area contributed by atoms with Gasteiger partial charge in [-0.05, 0) is 48.9 Å². The highest BCUT2D eigenvalue weighted by Crippen LogP contribution is 2.20. The molecule has 0 spiro atoms. The van der Waals surface area contributed by atoms with Crippen LogP contribution in [0.4, 0.5) is 4.39 Å². The molecule has 0 fully saturated rings. The number of aromatic nitrogens is 2. The average molecular weight is 369 g/mol. The molecule has 0 aliphatic rings. The van der Waals surface area contributed by atoms with Crippen molar-refractivity contribution in [2.75, 3.05) is 13.7 Å². The Kier molecular flexibility index (Phi) is 5.71. The molecule has 0 aliphatic carbocycles. The molecule has 1 heterocycles. The summed E-state index contributed by atoms with van der Waals surface area (Å²) in [7, 11) is 1.59. The summed E-state index contributed by atoms with van der Waals surface area (Å²) >= 11 is 0. The van der Waals surface area contributed by atoms with Crippen molar-refractivity contribution in [3.63, 3.8) is 0 Å². The van der Waals surface area contributed by atoms with Gasteiger partial charge in [0.25, 0.3) is 5.91 Å². The van der Waals surface area contributed by atoms with Crippen LogP contribution in [0.3, 0.4) is 0 Å². The average Bonchev–Trinajstić information content (AvgIpc) is 3.11. The zero-order valence-corrected chi connectivity index (χ0v) is 15.1. The number of rotatable bonds is 7. The van der Waals surface area contributed by atoms with Crippen LogP contribution in [0.25, 0.3) is 5.69 Å². The molecule has 0 saturated heterocycles. The Morgan fingerprint density at radius 1 is 1.22 bits per heavy atom. The molecule has 1 N–H and O–H groups in total. The summed E-state index contributed by atoms with van der Waals surface area (Å²) in [6.07, 6.45) is 1.61. The Balaban J connectivity index is 1.79. The Morgan fingerprint density at radius 2 is 2.00 bits per heavy atom. The van der Waals surface area contributed by atoms with Gasteiger partial charge in [0.15, 0.2) is 11.4 Å². The van der Waals surface area contributed by atoms with Crippen molar-refractivity contribution in [3.8, 4) is 17.2 Å². The van der Waals surface area contributed by atoms with E-state index in [0.717, 1.165) is 11.3 Å². The first-order valence-electron chi connectivity index (χ1n) is 8.50. The lowest BCUT2D eigenvalue weighted by molar-refractivity contribution is 0.0941. The molecule has 0 unspecified atom stereocenters. The van der Waals surface area contributed by atoms with E-state index in [1.165, 1.54) is 16.8 Å². The van der Waals surface area contributed by atoms with E-state index in [0.29, 0.717) is 24.6 Å². The molecule has 6 nitrogen and oxygen atoms in total. The summed E-state index contributed by atoms with van der Waals surface area (Å²) in [4.78, 5) is 12.6. The number of nitrogens with zero attached hydrogens (tertiary/aromatic N) is 2. The maximum atomic E-state index is 13.1. The molecule has 27 heavy (non-hydrogen) atoms.